The molecule has 0 rings (SSSR count). The van der Waals surface area contributed by atoms with E-state index in [-0.39, 0.29) is 0 Å². The molecule has 0 aromatic rings. The zero-order valence-electron chi connectivity index (χ0n) is 7.22. The second-order valence-electron chi connectivity index (χ2n) is 2.54. The van der Waals surface area contributed by atoms with Gasteiger partial charge in [0, 0.05) is 6.42 Å². The van der Waals surface area contributed by atoms with Gasteiger partial charge in [0.15, 0.2) is 0 Å². The molecule has 0 aliphatic carbocycles. The molecule has 15 heavy (non-hydrogen) atoms. The van der Waals surface area contributed by atoms with E-state index < -0.39 is 31.0 Å². The molecular weight excluding hydrogens is 240 g/mol. The van der Waals surface area contributed by atoms with E-state index in [9.17, 15) is 35.1 Å². The topological polar surface area (TPSA) is 9.23 Å². The highest BCUT2D eigenvalue weighted by atomic mass is 19.4. The van der Waals surface area contributed by atoms with Crippen molar-refractivity contribution < 1.29 is 39.9 Å². The minimum absolute atomic E-state index is 0.537. The first-order chi connectivity index (χ1) is 6.46. The summed E-state index contributed by atoms with van der Waals surface area (Å²) in [6.45, 7) is 0.537. The smallest absolute Gasteiger partial charge is 0.270 e. The van der Waals surface area contributed by atoms with E-state index in [0.717, 1.165) is 0 Å². The van der Waals surface area contributed by atoms with Crippen LogP contribution >= 0.6 is 0 Å². The summed E-state index contributed by atoms with van der Waals surface area (Å²) in [6, 6.07) is 0. The maximum absolute atomic E-state index is 12.7. The normalized spacial score (nSPS) is 18.0. The number of halogens is 8. The number of rotatable bonds is 4. The largest absolute Gasteiger partial charge is 0.448 e. The van der Waals surface area contributed by atoms with E-state index in [0.29, 0.717) is 6.92 Å². The summed E-state index contributed by atoms with van der Waals surface area (Å²) in [4.78, 5) is 0. The van der Waals surface area contributed by atoms with Crippen molar-refractivity contribution in [2.24, 2.45) is 0 Å². The van der Waals surface area contributed by atoms with Gasteiger partial charge in [-0.2, -0.15) is 22.0 Å². The van der Waals surface area contributed by atoms with Crippen LogP contribution in [-0.4, -0.2) is 24.6 Å². The molecule has 0 aromatic carbocycles. The van der Waals surface area contributed by atoms with Gasteiger partial charge >= 0.3 is 24.6 Å². The molecule has 9 heteroatoms. The summed E-state index contributed by atoms with van der Waals surface area (Å²) in [5, 5.41) is 0. The lowest BCUT2D eigenvalue weighted by Crippen LogP contribution is -2.49. The van der Waals surface area contributed by atoms with Crippen molar-refractivity contribution in [2.45, 2.75) is 37.9 Å². The quantitative estimate of drug-likeness (QED) is 0.690. The van der Waals surface area contributed by atoms with Gasteiger partial charge in [0.2, 0.25) is 0 Å². The molecule has 1 unspecified atom stereocenters. The second-order valence-corrected chi connectivity index (χ2v) is 2.54. The van der Waals surface area contributed by atoms with Crippen LogP contribution in [0.4, 0.5) is 35.1 Å². The molecule has 0 aliphatic heterocycles. The Morgan fingerprint density at radius 1 is 1.00 bits per heavy atom. The number of ether oxygens (including phenoxy) is 1. The molecule has 0 heterocycles. The van der Waals surface area contributed by atoms with Crippen LogP contribution in [0.5, 0.6) is 0 Å². The van der Waals surface area contributed by atoms with Crippen LogP contribution in [0.2, 0.25) is 0 Å². The SMILES string of the molecule is CCC(F)(OC(F)(F)C(F)F)C(F)(F)F. The maximum atomic E-state index is 12.7. The molecule has 0 saturated heterocycles. The van der Waals surface area contributed by atoms with E-state index in [1.54, 1.807) is 0 Å². The zero-order chi connectivity index (χ0) is 12.5. The molecule has 0 amide bonds. The van der Waals surface area contributed by atoms with Crippen LogP contribution in [0.1, 0.15) is 13.3 Å². The highest BCUT2D eigenvalue weighted by Crippen LogP contribution is 2.42. The monoisotopic (exact) mass is 246 g/mol. The lowest BCUT2D eigenvalue weighted by molar-refractivity contribution is -0.431. The van der Waals surface area contributed by atoms with Gasteiger partial charge in [0.05, 0.1) is 0 Å². The Hall–Kier alpha value is -0.600. The molecule has 0 spiro atoms. The molecule has 0 N–H and O–H groups in total. The van der Waals surface area contributed by atoms with E-state index >= 15 is 0 Å². The fourth-order valence-corrected chi connectivity index (χ4v) is 0.591. The third-order valence-electron chi connectivity index (χ3n) is 1.43. The molecule has 0 fully saturated rings. The molecular formula is C6H6F8O. The first-order valence-corrected chi connectivity index (χ1v) is 3.58. The molecule has 0 bridgehead atoms. The highest BCUT2D eigenvalue weighted by Gasteiger charge is 2.62. The zero-order valence-corrected chi connectivity index (χ0v) is 7.22. The Balaban J connectivity index is 4.88. The Kier molecular flexibility index (Phi) is 3.94. The first kappa shape index (κ1) is 14.4. The van der Waals surface area contributed by atoms with E-state index in [4.69, 9.17) is 0 Å². The van der Waals surface area contributed by atoms with Crippen molar-refractivity contribution in [3.8, 4) is 0 Å². The molecule has 92 valence electrons. The van der Waals surface area contributed by atoms with E-state index in [1.807, 2.05) is 0 Å². The molecule has 0 aromatic heterocycles. The minimum Gasteiger partial charge on any atom is -0.270 e. The Morgan fingerprint density at radius 3 is 1.60 bits per heavy atom. The number of alkyl halides is 8. The van der Waals surface area contributed by atoms with Crippen LogP contribution < -0.4 is 0 Å². The summed E-state index contributed by atoms with van der Waals surface area (Å²) in [5.41, 5.74) is 0. The average molecular weight is 246 g/mol. The fourth-order valence-electron chi connectivity index (χ4n) is 0.591. The van der Waals surface area contributed by atoms with Crippen molar-refractivity contribution in [1.29, 1.82) is 0 Å². The second kappa shape index (κ2) is 4.11. The third-order valence-corrected chi connectivity index (χ3v) is 1.43. The van der Waals surface area contributed by atoms with Crippen molar-refractivity contribution in [3.63, 3.8) is 0 Å². The maximum Gasteiger partial charge on any atom is 0.448 e. The van der Waals surface area contributed by atoms with Gasteiger partial charge in [-0.25, -0.2) is 13.2 Å². The van der Waals surface area contributed by atoms with Crippen LogP contribution in [0.15, 0.2) is 0 Å². The van der Waals surface area contributed by atoms with Crippen molar-refractivity contribution >= 4 is 0 Å². The van der Waals surface area contributed by atoms with Gasteiger partial charge in [-0.15, -0.1) is 0 Å². The lowest BCUT2D eigenvalue weighted by Gasteiger charge is -2.30. The highest BCUT2D eigenvalue weighted by molar-refractivity contribution is 4.78. The molecule has 0 aliphatic rings. The predicted octanol–water partition coefficient (Wildman–Crippen LogP) is 3.50. The lowest BCUT2D eigenvalue weighted by atomic mass is 10.2. The summed E-state index contributed by atoms with van der Waals surface area (Å²) in [5.74, 6) is -4.78. The molecule has 0 radical (unpaired) electrons. The standard InChI is InChI=1S/C6H6F8O/c1-2-4(9,6(12,13)14)15-5(10,11)3(7)8/h3H,2H2,1H3. The van der Waals surface area contributed by atoms with Crippen LogP contribution in [0, 0.1) is 0 Å². The number of hydrogen-bond acceptors (Lipinski definition) is 1. The molecule has 1 atom stereocenters. The Bertz CT molecular complexity index is 212. The van der Waals surface area contributed by atoms with Gasteiger partial charge in [0.25, 0.3) is 0 Å². The van der Waals surface area contributed by atoms with Crippen molar-refractivity contribution in [1.82, 2.24) is 0 Å². The van der Waals surface area contributed by atoms with E-state index in [2.05, 4.69) is 4.74 Å². The molecule has 0 saturated carbocycles. The van der Waals surface area contributed by atoms with Gasteiger partial charge in [-0.3, -0.25) is 4.74 Å². The number of hydrogen-bond donors (Lipinski definition) is 0. The van der Waals surface area contributed by atoms with E-state index in [1.165, 1.54) is 0 Å². The van der Waals surface area contributed by atoms with Crippen LogP contribution in [0.3, 0.4) is 0 Å². The summed E-state index contributed by atoms with van der Waals surface area (Å²) >= 11 is 0. The van der Waals surface area contributed by atoms with Crippen molar-refractivity contribution in [3.05, 3.63) is 0 Å². The Labute approximate surface area is 79.0 Å². The summed E-state index contributed by atoms with van der Waals surface area (Å²) < 4.78 is 97.7. The van der Waals surface area contributed by atoms with Gasteiger partial charge in [-0.1, -0.05) is 6.92 Å². The average Bonchev–Trinajstić information content (AvgIpc) is 2.01. The third kappa shape index (κ3) is 3.18. The minimum atomic E-state index is -5.81. The fraction of sp³-hybridized carbons (Fsp3) is 1.00. The Morgan fingerprint density at radius 2 is 1.40 bits per heavy atom. The van der Waals surface area contributed by atoms with Crippen LogP contribution in [0.25, 0.3) is 0 Å². The summed E-state index contributed by atoms with van der Waals surface area (Å²) in [7, 11) is 0. The van der Waals surface area contributed by atoms with Crippen LogP contribution in [-0.2, 0) is 4.74 Å². The van der Waals surface area contributed by atoms with Crippen molar-refractivity contribution in [2.75, 3.05) is 0 Å². The molecule has 1 nitrogen and oxygen atoms in total. The van der Waals surface area contributed by atoms with Gasteiger partial charge in [0.1, 0.15) is 0 Å². The summed E-state index contributed by atoms with van der Waals surface area (Å²) in [6.07, 6.45) is -17.4. The van der Waals surface area contributed by atoms with Gasteiger partial charge < -0.3 is 0 Å². The first-order valence-electron chi connectivity index (χ1n) is 3.58. The predicted molar refractivity (Wildman–Crippen MR) is 32.2 cm³/mol. The van der Waals surface area contributed by atoms with Gasteiger partial charge in [-0.05, 0) is 0 Å².